The largest absolute Gasteiger partial charge is 0.394 e. The summed E-state index contributed by atoms with van der Waals surface area (Å²) in [6.45, 7) is 6.44. The van der Waals surface area contributed by atoms with Crippen molar-refractivity contribution in [2.45, 2.75) is 46.0 Å². The number of ether oxygens (including phenoxy) is 1. The Kier molecular flexibility index (Phi) is 11.4. The van der Waals surface area contributed by atoms with Crippen LogP contribution in [0.5, 0.6) is 0 Å². The van der Waals surface area contributed by atoms with Gasteiger partial charge in [0.05, 0.1) is 24.5 Å². The first-order valence-electron chi connectivity index (χ1n) is 16.1. The molecule has 3 N–H and O–H groups in total. The van der Waals surface area contributed by atoms with Crippen LogP contribution in [0.3, 0.4) is 0 Å². The number of aryl methyl sites for hydroxylation is 2. The Hall–Kier alpha value is -4.93. The molecule has 47 heavy (non-hydrogen) atoms. The number of carbonyl (C=O) groups is 3. The van der Waals surface area contributed by atoms with Crippen LogP contribution in [0.15, 0.2) is 73.1 Å². The Bertz CT molecular complexity index is 1720. The number of piperidine rings is 1. The monoisotopic (exact) mass is 635 g/mol. The van der Waals surface area contributed by atoms with E-state index in [1.54, 1.807) is 48.8 Å². The number of ketones is 1. The fourth-order valence-corrected chi connectivity index (χ4v) is 5.48. The molecule has 0 radical (unpaired) electrons. The van der Waals surface area contributed by atoms with Crippen LogP contribution < -0.4 is 15.5 Å². The van der Waals surface area contributed by atoms with Crippen LogP contribution in [0.25, 0.3) is 11.1 Å². The molecule has 1 fully saturated rings. The van der Waals surface area contributed by atoms with Crippen molar-refractivity contribution in [3.05, 3.63) is 101 Å². The lowest BCUT2D eigenvalue weighted by Crippen LogP contribution is -2.29. The van der Waals surface area contributed by atoms with Gasteiger partial charge in [-0.2, -0.15) is 0 Å². The second kappa shape index (κ2) is 16.1. The molecule has 10 nitrogen and oxygen atoms in total. The van der Waals surface area contributed by atoms with E-state index in [4.69, 9.17) is 9.84 Å². The summed E-state index contributed by atoms with van der Waals surface area (Å²) in [4.78, 5) is 50.9. The van der Waals surface area contributed by atoms with Gasteiger partial charge in [0, 0.05) is 60.9 Å². The van der Waals surface area contributed by atoms with Crippen LogP contribution in [-0.4, -0.2) is 65.6 Å². The van der Waals surface area contributed by atoms with Gasteiger partial charge in [-0.05, 0) is 86.6 Å². The van der Waals surface area contributed by atoms with Crippen LogP contribution in [0.4, 0.5) is 17.3 Å². The van der Waals surface area contributed by atoms with Crippen LogP contribution in [-0.2, 0) is 4.74 Å². The van der Waals surface area contributed by atoms with Gasteiger partial charge >= 0.3 is 0 Å². The van der Waals surface area contributed by atoms with Gasteiger partial charge in [0.2, 0.25) is 5.95 Å². The van der Waals surface area contributed by atoms with Gasteiger partial charge in [-0.3, -0.25) is 19.7 Å². The number of rotatable bonds is 13. The fourth-order valence-electron chi connectivity index (χ4n) is 5.48. The molecule has 1 aliphatic heterocycles. The molecule has 10 heteroatoms. The van der Waals surface area contributed by atoms with Crippen LogP contribution >= 0.6 is 0 Å². The number of aliphatic hydroxyl groups excluding tert-OH is 1. The van der Waals surface area contributed by atoms with Crippen LogP contribution in [0.2, 0.25) is 0 Å². The third-order valence-corrected chi connectivity index (χ3v) is 8.31. The molecule has 0 saturated carbocycles. The lowest BCUT2D eigenvalue weighted by Gasteiger charge is -2.29. The van der Waals surface area contributed by atoms with E-state index < -0.39 is 11.8 Å². The molecule has 1 aromatic heterocycles. The SMILES string of the molecule is Cc1ccc(-c2cnc(NC(=O)c3cc(N4CCCCC4)ccc3NC(=O)c3cccc(C(=O)CCCOCCO)c3)nc2)cc1C. The van der Waals surface area contributed by atoms with Gasteiger partial charge < -0.3 is 20.1 Å². The van der Waals surface area contributed by atoms with Gasteiger partial charge in [0.1, 0.15) is 0 Å². The molecule has 5 rings (SSSR count). The number of carbonyl (C=O) groups excluding carboxylic acids is 3. The van der Waals surface area contributed by atoms with Gasteiger partial charge in [-0.25, -0.2) is 9.97 Å². The Morgan fingerprint density at radius 3 is 2.32 bits per heavy atom. The Balaban J connectivity index is 1.33. The molecular formula is C37H41N5O5. The van der Waals surface area contributed by atoms with Crippen molar-refractivity contribution in [2.24, 2.45) is 0 Å². The maximum atomic E-state index is 13.7. The predicted molar refractivity (Wildman–Crippen MR) is 183 cm³/mol. The van der Waals surface area contributed by atoms with Crippen molar-refractivity contribution >= 4 is 34.9 Å². The quantitative estimate of drug-likeness (QED) is 0.116. The molecule has 2 heterocycles. The summed E-state index contributed by atoms with van der Waals surface area (Å²) in [6, 6.07) is 18.1. The fraction of sp³-hybridized carbons (Fsp3) is 0.324. The van der Waals surface area contributed by atoms with Crippen molar-refractivity contribution in [2.75, 3.05) is 48.4 Å². The van der Waals surface area contributed by atoms with Gasteiger partial charge in [-0.1, -0.05) is 30.3 Å². The summed E-state index contributed by atoms with van der Waals surface area (Å²) < 4.78 is 5.23. The number of benzene rings is 3. The van der Waals surface area contributed by atoms with E-state index in [0.29, 0.717) is 29.8 Å². The summed E-state index contributed by atoms with van der Waals surface area (Å²) in [5.74, 6) is -0.858. The molecule has 1 saturated heterocycles. The van der Waals surface area contributed by atoms with E-state index in [9.17, 15) is 14.4 Å². The predicted octanol–water partition coefficient (Wildman–Crippen LogP) is 6.23. The number of anilines is 3. The molecule has 4 aromatic rings. The zero-order valence-electron chi connectivity index (χ0n) is 26.9. The van der Waals surface area contributed by atoms with E-state index in [0.717, 1.165) is 42.7 Å². The summed E-state index contributed by atoms with van der Waals surface area (Å²) >= 11 is 0. The second-order valence-electron chi connectivity index (χ2n) is 11.7. The molecule has 244 valence electrons. The zero-order chi connectivity index (χ0) is 33.2. The third-order valence-electron chi connectivity index (χ3n) is 8.31. The van der Waals surface area contributed by atoms with Gasteiger partial charge in [0.25, 0.3) is 11.8 Å². The van der Waals surface area contributed by atoms with Crippen molar-refractivity contribution in [1.29, 1.82) is 0 Å². The number of Topliss-reactive ketones (excluding diaryl/α,β-unsaturated/α-hetero) is 1. The van der Waals surface area contributed by atoms with Crippen molar-refractivity contribution in [3.8, 4) is 11.1 Å². The van der Waals surface area contributed by atoms with Crippen molar-refractivity contribution in [1.82, 2.24) is 9.97 Å². The number of aromatic nitrogens is 2. The maximum absolute atomic E-state index is 13.7. The van der Waals surface area contributed by atoms with E-state index in [1.807, 2.05) is 12.1 Å². The highest BCUT2D eigenvalue weighted by atomic mass is 16.5. The van der Waals surface area contributed by atoms with Crippen molar-refractivity contribution < 1.29 is 24.2 Å². The lowest BCUT2D eigenvalue weighted by atomic mass is 10.0. The molecule has 2 amide bonds. The number of aliphatic hydroxyl groups is 1. The minimum absolute atomic E-state index is 0.0649. The summed E-state index contributed by atoms with van der Waals surface area (Å²) in [6.07, 6.45) is 7.44. The smallest absolute Gasteiger partial charge is 0.260 e. The topological polar surface area (TPSA) is 134 Å². The lowest BCUT2D eigenvalue weighted by molar-refractivity contribution is 0.0832. The molecule has 1 aliphatic rings. The minimum atomic E-state index is -0.453. The highest BCUT2D eigenvalue weighted by Crippen LogP contribution is 2.28. The van der Waals surface area contributed by atoms with Crippen LogP contribution in [0.1, 0.15) is 74.3 Å². The standard InChI is InChI=1S/C37H41N5O5/c1-25-11-12-27(20-26(25)2)30-23-38-37(39-24-30)41-36(46)32-22-31(42-15-4-3-5-16-42)13-14-33(32)40-35(45)29-9-6-8-28(21-29)34(44)10-7-18-47-19-17-43/h6,8-9,11-14,20-24,43H,3-5,7,10,15-19H2,1-2H3,(H,40,45)(H,38,39,41,46). The van der Waals surface area contributed by atoms with E-state index >= 15 is 0 Å². The first-order valence-corrected chi connectivity index (χ1v) is 16.1. The van der Waals surface area contributed by atoms with E-state index in [1.165, 1.54) is 17.5 Å². The van der Waals surface area contributed by atoms with E-state index in [-0.39, 0.29) is 36.9 Å². The van der Waals surface area contributed by atoms with Crippen LogP contribution in [0, 0.1) is 13.8 Å². The minimum Gasteiger partial charge on any atom is -0.394 e. The average molecular weight is 636 g/mol. The highest BCUT2D eigenvalue weighted by Gasteiger charge is 2.20. The molecule has 0 unspecified atom stereocenters. The summed E-state index contributed by atoms with van der Waals surface area (Å²) in [5, 5.41) is 14.5. The maximum Gasteiger partial charge on any atom is 0.260 e. The zero-order valence-corrected chi connectivity index (χ0v) is 26.9. The third kappa shape index (κ3) is 8.87. The first-order chi connectivity index (χ1) is 22.8. The van der Waals surface area contributed by atoms with Crippen molar-refractivity contribution in [3.63, 3.8) is 0 Å². The van der Waals surface area contributed by atoms with E-state index in [2.05, 4.69) is 51.5 Å². The second-order valence-corrected chi connectivity index (χ2v) is 11.7. The normalized spacial score (nSPS) is 12.9. The van der Waals surface area contributed by atoms with Gasteiger partial charge in [-0.15, -0.1) is 0 Å². The summed E-state index contributed by atoms with van der Waals surface area (Å²) in [7, 11) is 0. The number of amides is 2. The highest BCUT2D eigenvalue weighted by molar-refractivity contribution is 6.13. The molecule has 3 aromatic carbocycles. The number of hydrogen-bond acceptors (Lipinski definition) is 8. The first kappa shape index (κ1) is 33.4. The number of hydrogen-bond donors (Lipinski definition) is 3. The number of nitrogens with zero attached hydrogens (tertiary/aromatic N) is 3. The molecule has 0 atom stereocenters. The molecular weight excluding hydrogens is 594 g/mol. The summed E-state index contributed by atoms with van der Waals surface area (Å²) in [5.41, 5.74) is 6.41. The van der Waals surface area contributed by atoms with Gasteiger partial charge in [0.15, 0.2) is 5.78 Å². The molecule has 0 bridgehead atoms. The Morgan fingerprint density at radius 2 is 1.57 bits per heavy atom. The molecule has 0 spiro atoms. The Morgan fingerprint density at radius 1 is 0.809 bits per heavy atom. The Labute approximate surface area is 275 Å². The molecule has 0 aliphatic carbocycles. The number of nitrogens with one attached hydrogen (secondary N) is 2. The average Bonchev–Trinajstić information content (AvgIpc) is 3.10.